The van der Waals surface area contributed by atoms with Crippen LogP contribution in [0, 0.1) is 23.6 Å². The van der Waals surface area contributed by atoms with Gasteiger partial charge in [-0.2, -0.15) is 11.8 Å². The van der Waals surface area contributed by atoms with Crippen LogP contribution in [0.2, 0.25) is 0 Å². The van der Waals surface area contributed by atoms with Gasteiger partial charge in [-0.1, -0.05) is 6.58 Å². The molecule has 1 aliphatic heterocycles. The van der Waals surface area contributed by atoms with Crippen LogP contribution in [0.15, 0.2) is 30.9 Å². The predicted octanol–water partition coefficient (Wildman–Crippen LogP) is 2.85. The Kier molecular flexibility index (Phi) is 5.22. The molecule has 2 amide bonds. The minimum atomic E-state index is -0.594. The van der Waals surface area contributed by atoms with Crippen LogP contribution in [0.3, 0.4) is 0 Å². The van der Waals surface area contributed by atoms with E-state index < -0.39 is 11.7 Å². The molecule has 2 bridgehead atoms. The lowest BCUT2D eigenvalue weighted by Crippen LogP contribution is -2.42. The molecule has 0 spiro atoms. The second kappa shape index (κ2) is 7.39. The van der Waals surface area contributed by atoms with E-state index in [9.17, 15) is 18.8 Å². The first kappa shape index (κ1) is 17.7. The number of nitrogens with one attached hydrogen (secondary N) is 2. The molecule has 7 heteroatoms. The quantitative estimate of drug-likeness (QED) is 0.808. The summed E-state index contributed by atoms with van der Waals surface area (Å²) in [7, 11) is 0. The molecule has 3 rings (SSSR count). The van der Waals surface area contributed by atoms with Gasteiger partial charge in [0, 0.05) is 34.9 Å². The molecular weight excluding hydrogens is 343 g/mol. The topological polar surface area (TPSA) is 75.3 Å². The van der Waals surface area contributed by atoms with Gasteiger partial charge in [0.2, 0.25) is 11.8 Å². The largest absolute Gasteiger partial charge is 0.326 e. The van der Waals surface area contributed by atoms with Gasteiger partial charge in [-0.05, 0) is 37.1 Å². The van der Waals surface area contributed by atoms with E-state index in [2.05, 4.69) is 17.2 Å². The van der Waals surface area contributed by atoms with E-state index in [4.69, 9.17) is 0 Å². The Morgan fingerprint density at radius 2 is 1.88 bits per heavy atom. The maximum Gasteiger partial charge on any atom is 0.247 e. The number of hydrogen-bond acceptors (Lipinski definition) is 4. The van der Waals surface area contributed by atoms with E-state index in [0.717, 1.165) is 17.6 Å². The molecule has 2 N–H and O–H groups in total. The number of ketones is 1. The third-order valence-electron chi connectivity index (χ3n) is 4.63. The van der Waals surface area contributed by atoms with Crippen molar-refractivity contribution in [1.82, 2.24) is 0 Å². The molecule has 1 saturated carbocycles. The summed E-state index contributed by atoms with van der Waals surface area (Å²) < 4.78 is 13.8. The lowest BCUT2D eigenvalue weighted by Gasteiger charge is -2.36. The van der Waals surface area contributed by atoms with Crippen molar-refractivity contribution in [3.05, 3.63) is 36.7 Å². The number of carbonyl (C=O) groups excluding carboxylic acids is 3. The van der Waals surface area contributed by atoms with Crippen molar-refractivity contribution in [3.8, 4) is 0 Å². The molecule has 1 heterocycles. The lowest BCUT2D eigenvalue weighted by molar-refractivity contribution is -0.132. The van der Waals surface area contributed by atoms with Gasteiger partial charge in [-0.25, -0.2) is 4.39 Å². The number of halogens is 1. The molecular formula is C18H19FN2O3S. The second-order valence-corrected chi connectivity index (χ2v) is 7.45. The minimum absolute atomic E-state index is 0.0187. The summed E-state index contributed by atoms with van der Waals surface area (Å²) in [5.41, 5.74) is 0.386. The maximum atomic E-state index is 13.8. The lowest BCUT2D eigenvalue weighted by atomic mass is 9.75. The van der Waals surface area contributed by atoms with E-state index in [-0.39, 0.29) is 29.3 Å². The summed E-state index contributed by atoms with van der Waals surface area (Å²) in [4.78, 5) is 36.0. The number of anilines is 2. The van der Waals surface area contributed by atoms with E-state index in [1.165, 1.54) is 18.2 Å². The fourth-order valence-corrected chi connectivity index (χ4v) is 4.65. The van der Waals surface area contributed by atoms with Crippen molar-refractivity contribution in [2.24, 2.45) is 17.8 Å². The molecule has 2 aliphatic rings. The number of thioether (sulfide) groups is 1. The highest BCUT2D eigenvalue weighted by Crippen LogP contribution is 2.39. The number of fused-ring (bicyclic) bond motifs is 2. The van der Waals surface area contributed by atoms with Crippen LogP contribution in [-0.4, -0.2) is 29.1 Å². The summed E-state index contributed by atoms with van der Waals surface area (Å²) in [6, 6.07) is 4.00. The van der Waals surface area contributed by atoms with Crippen molar-refractivity contribution in [2.45, 2.75) is 12.8 Å². The van der Waals surface area contributed by atoms with Crippen LogP contribution >= 0.6 is 11.8 Å². The summed E-state index contributed by atoms with van der Waals surface area (Å²) in [6.07, 6.45) is 2.17. The summed E-state index contributed by atoms with van der Waals surface area (Å²) in [5.74, 6) is 0.279. The van der Waals surface area contributed by atoms with Gasteiger partial charge in [-0.15, -0.1) is 0 Å². The van der Waals surface area contributed by atoms with Gasteiger partial charge >= 0.3 is 0 Å². The number of rotatable bonds is 4. The Bertz CT molecular complexity index is 721. The zero-order chi connectivity index (χ0) is 18.0. The Morgan fingerprint density at radius 3 is 2.52 bits per heavy atom. The summed E-state index contributed by atoms with van der Waals surface area (Å²) >= 11 is 1.78. The van der Waals surface area contributed by atoms with Crippen molar-refractivity contribution in [1.29, 1.82) is 0 Å². The highest BCUT2D eigenvalue weighted by atomic mass is 32.2. The van der Waals surface area contributed by atoms with Crippen molar-refractivity contribution in [2.75, 3.05) is 22.1 Å². The van der Waals surface area contributed by atoms with E-state index >= 15 is 0 Å². The molecule has 1 aromatic rings. The number of benzene rings is 1. The zero-order valence-electron chi connectivity index (χ0n) is 13.6. The molecule has 2 atom stereocenters. The average Bonchev–Trinajstić information content (AvgIpc) is 2.57. The highest BCUT2D eigenvalue weighted by molar-refractivity contribution is 7.99. The van der Waals surface area contributed by atoms with Crippen LogP contribution in [0.1, 0.15) is 12.8 Å². The first-order valence-corrected chi connectivity index (χ1v) is 9.28. The number of amides is 2. The molecule has 0 radical (unpaired) electrons. The third-order valence-corrected chi connectivity index (χ3v) is 5.90. The van der Waals surface area contributed by atoms with Crippen molar-refractivity contribution < 1.29 is 18.8 Å². The van der Waals surface area contributed by atoms with Crippen LogP contribution in [0.5, 0.6) is 0 Å². The monoisotopic (exact) mass is 362 g/mol. The Labute approximate surface area is 149 Å². The molecule has 25 heavy (non-hydrogen) atoms. The van der Waals surface area contributed by atoms with Crippen molar-refractivity contribution >= 4 is 40.7 Å². The van der Waals surface area contributed by atoms with Gasteiger partial charge in [0.25, 0.3) is 0 Å². The fraction of sp³-hybridized carbons (Fsp3) is 0.389. The smallest absolute Gasteiger partial charge is 0.247 e. The number of hydrogen-bond donors (Lipinski definition) is 2. The molecule has 1 aromatic carbocycles. The molecule has 132 valence electrons. The van der Waals surface area contributed by atoms with Gasteiger partial charge in [0.1, 0.15) is 11.6 Å². The Morgan fingerprint density at radius 1 is 1.20 bits per heavy atom. The predicted molar refractivity (Wildman–Crippen MR) is 95.9 cm³/mol. The third kappa shape index (κ3) is 3.92. The first-order chi connectivity index (χ1) is 12.0. The Hall–Kier alpha value is -2.15. The molecule has 2 fully saturated rings. The normalized spacial score (nSPS) is 25.2. The second-order valence-electron chi connectivity index (χ2n) is 6.38. The SMILES string of the molecule is C=CC(=O)Nc1cc(NC(=O)C2CC3CSCC(C2)C3=O)ccc1F. The molecule has 0 aromatic heterocycles. The maximum absolute atomic E-state index is 13.8. The zero-order valence-corrected chi connectivity index (χ0v) is 14.4. The molecule has 2 unspecified atom stereocenters. The van der Waals surface area contributed by atoms with Crippen LogP contribution in [0.25, 0.3) is 0 Å². The average molecular weight is 362 g/mol. The summed E-state index contributed by atoms with van der Waals surface area (Å²) in [6.45, 7) is 3.32. The van der Waals surface area contributed by atoms with Crippen LogP contribution < -0.4 is 10.6 Å². The first-order valence-electron chi connectivity index (χ1n) is 8.13. The number of carbonyl (C=O) groups is 3. The van der Waals surface area contributed by atoms with Gasteiger partial charge in [0.15, 0.2) is 0 Å². The van der Waals surface area contributed by atoms with Crippen LogP contribution in [-0.2, 0) is 14.4 Å². The van der Waals surface area contributed by atoms with Gasteiger partial charge in [0.05, 0.1) is 5.69 Å². The number of Topliss-reactive ketones (excluding diaryl/α,β-unsaturated/α-hetero) is 1. The standard InChI is InChI=1S/C18H19FN2O3S/c1-2-16(22)21-15-7-13(3-4-14(15)19)20-18(24)10-5-11-8-25-9-12(6-10)17(11)23/h2-4,7,10-12H,1,5-6,8-9H2,(H,20,24)(H,21,22). The van der Waals surface area contributed by atoms with Crippen LogP contribution in [0.4, 0.5) is 15.8 Å². The molecule has 1 aliphatic carbocycles. The van der Waals surface area contributed by atoms with E-state index in [1.807, 2.05) is 0 Å². The van der Waals surface area contributed by atoms with E-state index in [0.29, 0.717) is 24.3 Å². The summed E-state index contributed by atoms with van der Waals surface area (Å²) in [5, 5.41) is 5.13. The van der Waals surface area contributed by atoms with Gasteiger partial charge < -0.3 is 10.6 Å². The Balaban J connectivity index is 1.69. The van der Waals surface area contributed by atoms with E-state index in [1.54, 1.807) is 11.8 Å². The highest BCUT2D eigenvalue weighted by Gasteiger charge is 2.41. The molecule has 1 saturated heterocycles. The molecule has 5 nitrogen and oxygen atoms in total. The van der Waals surface area contributed by atoms with Gasteiger partial charge in [-0.3, -0.25) is 14.4 Å². The minimum Gasteiger partial charge on any atom is -0.326 e. The fourth-order valence-electron chi connectivity index (χ4n) is 3.34. The van der Waals surface area contributed by atoms with Crippen molar-refractivity contribution in [3.63, 3.8) is 0 Å².